The first kappa shape index (κ1) is 10.9. The van der Waals surface area contributed by atoms with Crippen molar-refractivity contribution in [1.82, 2.24) is 5.32 Å². The van der Waals surface area contributed by atoms with Crippen LogP contribution in [0, 0.1) is 0 Å². The van der Waals surface area contributed by atoms with Crippen LogP contribution >= 0.6 is 0 Å². The van der Waals surface area contributed by atoms with E-state index in [0.717, 1.165) is 12.8 Å². The zero-order valence-electron chi connectivity index (χ0n) is 7.91. The molecule has 5 heteroatoms. The van der Waals surface area contributed by atoms with Gasteiger partial charge in [0.15, 0.2) is 9.84 Å². The summed E-state index contributed by atoms with van der Waals surface area (Å²) < 4.78 is 22.2. The van der Waals surface area contributed by atoms with Gasteiger partial charge >= 0.3 is 0 Å². The van der Waals surface area contributed by atoms with Gasteiger partial charge in [-0.3, -0.25) is 0 Å². The fourth-order valence-corrected chi connectivity index (χ4v) is 1.86. The summed E-state index contributed by atoms with van der Waals surface area (Å²) in [4.78, 5) is 0. The molecule has 0 atom stereocenters. The van der Waals surface area contributed by atoms with Gasteiger partial charge in [0.25, 0.3) is 0 Å². The molecule has 0 aromatic carbocycles. The van der Waals surface area contributed by atoms with E-state index in [1.807, 2.05) is 0 Å². The number of hydrogen-bond donors (Lipinski definition) is 2. The summed E-state index contributed by atoms with van der Waals surface area (Å²) in [6, 6.07) is 0. The second-order valence-electron chi connectivity index (χ2n) is 3.60. The van der Waals surface area contributed by atoms with Crippen molar-refractivity contribution in [3.63, 3.8) is 0 Å². The lowest BCUT2D eigenvalue weighted by atomic mass is 10.3. The van der Waals surface area contributed by atoms with Crippen molar-refractivity contribution in [3.8, 4) is 0 Å². The van der Waals surface area contributed by atoms with Crippen molar-refractivity contribution in [2.75, 3.05) is 24.7 Å². The molecule has 1 aliphatic rings. The molecule has 0 amide bonds. The molecule has 0 saturated heterocycles. The highest BCUT2D eigenvalue weighted by atomic mass is 32.2. The number of hydrogen-bond acceptors (Lipinski definition) is 4. The van der Waals surface area contributed by atoms with Gasteiger partial charge < -0.3 is 10.4 Å². The topological polar surface area (TPSA) is 66.4 Å². The Bertz CT molecular complexity index is 257. The molecule has 0 bridgehead atoms. The number of rotatable bonds is 6. The highest BCUT2D eigenvalue weighted by molar-refractivity contribution is 7.91. The molecule has 1 fully saturated rings. The quantitative estimate of drug-likeness (QED) is 0.618. The highest BCUT2D eigenvalue weighted by Gasteiger charge is 2.41. The fourth-order valence-electron chi connectivity index (χ4n) is 1.16. The van der Waals surface area contributed by atoms with Gasteiger partial charge in [0, 0.05) is 17.8 Å². The minimum Gasteiger partial charge on any atom is -0.394 e. The van der Waals surface area contributed by atoms with E-state index in [1.54, 1.807) is 6.92 Å². The molecule has 1 saturated carbocycles. The Hall–Kier alpha value is -0.130. The molecule has 1 aliphatic carbocycles. The maximum absolute atomic E-state index is 11.1. The minimum atomic E-state index is -2.87. The molecule has 0 spiro atoms. The SMILES string of the molecule is CCS(=O)(=O)CCNC1(CO)CC1. The van der Waals surface area contributed by atoms with Crippen LogP contribution in [0.4, 0.5) is 0 Å². The maximum Gasteiger partial charge on any atom is 0.151 e. The molecule has 0 aliphatic heterocycles. The Morgan fingerprint density at radius 3 is 2.46 bits per heavy atom. The van der Waals surface area contributed by atoms with Gasteiger partial charge in [-0.25, -0.2) is 8.42 Å². The third kappa shape index (κ3) is 3.25. The van der Waals surface area contributed by atoms with Crippen molar-refractivity contribution >= 4 is 9.84 Å². The van der Waals surface area contributed by atoms with Crippen LogP contribution in [0.2, 0.25) is 0 Å². The second kappa shape index (κ2) is 3.94. The van der Waals surface area contributed by atoms with E-state index >= 15 is 0 Å². The molecule has 2 N–H and O–H groups in total. The molecule has 1 rings (SSSR count). The van der Waals surface area contributed by atoms with Crippen molar-refractivity contribution in [3.05, 3.63) is 0 Å². The van der Waals surface area contributed by atoms with Crippen LogP contribution in [0.1, 0.15) is 19.8 Å². The number of nitrogens with one attached hydrogen (secondary N) is 1. The maximum atomic E-state index is 11.1. The van der Waals surface area contributed by atoms with E-state index in [4.69, 9.17) is 5.11 Å². The van der Waals surface area contributed by atoms with Crippen molar-refractivity contribution in [2.45, 2.75) is 25.3 Å². The van der Waals surface area contributed by atoms with Gasteiger partial charge in [0.2, 0.25) is 0 Å². The van der Waals surface area contributed by atoms with Crippen molar-refractivity contribution < 1.29 is 13.5 Å². The summed E-state index contributed by atoms with van der Waals surface area (Å²) in [5.41, 5.74) is -0.150. The number of aliphatic hydroxyl groups is 1. The lowest BCUT2D eigenvalue weighted by molar-refractivity contribution is 0.233. The summed E-state index contributed by atoms with van der Waals surface area (Å²) in [7, 11) is -2.87. The van der Waals surface area contributed by atoms with E-state index < -0.39 is 9.84 Å². The second-order valence-corrected chi connectivity index (χ2v) is 6.07. The highest BCUT2D eigenvalue weighted by Crippen LogP contribution is 2.34. The molecular weight excluding hydrogens is 190 g/mol. The Kier molecular flexibility index (Phi) is 3.32. The standard InChI is InChI=1S/C8H17NO3S/c1-2-13(11,12)6-5-9-8(7-10)3-4-8/h9-10H,2-7H2,1H3. The smallest absolute Gasteiger partial charge is 0.151 e. The summed E-state index contributed by atoms with van der Waals surface area (Å²) in [5, 5.41) is 12.0. The normalized spacial score (nSPS) is 20.2. The molecule has 0 radical (unpaired) electrons. The van der Waals surface area contributed by atoms with Gasteiger partial charge in [-0.15, -0.1) is 0 Å². The van der Waals surface area contributed by atoms with Crippen LogP contribution in [0.3, 0.4) is 0 Å². The Morgan fingerprint density at radius 1 is 1.46 bits per heavy atom. The van der Waals surface area contributed by atoms with Crippen molar-refractivity contribution in [1.29, 1.82) is 0 Å². The largest absolute Gasteiger partial charge is 0.394 e. The van der Waals surface area contributed by atoms with Crippen LogP contribution in [-0.2, 0) is 9.84 Å². The van der Waals surface area contributed by atoms with E-state index in [0.29, 0.717) is 6.54 Å². The summed E-state index contributed by atoms with van der Waals surface area (Å²) in [6.45, 7) is 2.21. The van der Waals surface area contributed by atoms with Crippen LogP contribution in [0.15, 0.2) is 0 Å². The van der Waals surface area contributed by atoms with E-state index in [2.05, 4.69) is 5.32 Å². The molecule has 0 aromatic rings. The average Bonchev–Trinajstić information content (AvgIpc) is 2.85. The third-order valence-corrected chi connectivity index (χ3v) is 4.21. The van der Waals surface area contributed by atoms with Gasteiger partial charge in [-0.2, -0.15) is 0 Å². The summed E-state index contributed by atoms with van der Waals surface area (Å²) in [5.74, 6) is 0.367. The van der Waals surface area contributed by atoms with Gasteiger partial charge in [-0.05, 0) is 12.8 Å². The monoisotopic (exact) mass is 207 g/mol. The van der Waals surface area contributed by atoms with E-state index in [9.17, 15) is 8.42 Å². The van der Waals surface area contributed by atoms with Crippen molar-refractivity contribution in [2.24, 2.45) is 0 Å². The number of aliphatic hydroxyl groups excluding tert-OH is 1. The lowest BCUT2D eigenvalue weighted by Gasteiger charge is -2.13. The van der Waals surface area contributed by atoms with E-state index in [1.165, 1.54) is 0 Å². The lowest BCUT2D eigenvalue weighted by Crippen LogP contribution is -2.38. The molecule has 0 aromatic heterocycles. The molecule has 78 valence electrons. The van der Waals surface area contributed by atoms with E-state index in [-0.39, 0.29) is 23.7 Å². The third-order valence-electron chi connectivity index (χ3n) is 2.51. The zero-order valence-corrected chi connectivity index (χ0v) is 8.73. The number of sulfone groups is 1. The zero-order chi connectivity index (χ0) is 9.95. The predicted octanol–water partition coefficient (Wildman–Crippen LogP) is -0.464. The van der Waals surface area contributed by atoms with Crippen LogP contribution in [0.5, 0.6) is 0 Å². The Morgan fingerprint density at radius 2 is 2.08 bits per heavy atom. The molecule has 0 unspecified atom stereocenters. The fraction of sp³-hybridized carbons (Fsp3) is 1.00. The molecular formula is C8H17NO3S. The minimum absolute atomic E-state index is 0.110. The average molecular weight is 207 g/mol. The van der Waals surface area contributed by atoms with Crippen LogP contribution in [-0.4, -0.2) is 43.7 Å². The first-order chi connectivity index (χ1) is 6.04. The molecule has 0 heterocycles. The predicted molar refractivity (Wildman–Crippen MR) is 51.4 cm³/mol. The Balaban J connectivity index is 2.21. The first-order valence-corrected chi connectivity index (χ1v) is 6.42. The van der Waals surface area contributed by atoms with Gasteiger partial charge in [-0.1, -0.05) is 6.92 Å². The van der Waals surface area contributed by atoms with Gasteiger partial charge in [0.1, 0.15) is 0 Å². The summed E-state index contributed by atoms with van der Waals surface area (Å²) >= 11 is 0. The molecule has 13 heavy (non-hydrogen) atoms. The molecule has 4 nitrogen and oxygen atoms in total. The first-order valence-electron chi connectivity index (χ1n) is 4.60. The van der Waals surface area contributed by atoms with Crippen LogP contribution in [0.25, 0.3) is 0 Å². The van der Waals surface area contributed by atoms with Crippen LogP contribution < -0.4 is 5.32 Å². The Labute approximate surface area is 79.3 Å². The van der Waals surface area contributed by atoms with Gasteiger partial charge in [0.05, 0.1) is 12.4 Å². The summed E-state index contributed by atoms with van der Waals surface area (Å²) in [6.07, 6.45) is 1.91.